The molecule has 0 radical (unpaired) electrons. The summed E-state index contributed by atoms with van der Waals surface area (Å²) in [6.07, 6.45) is -1.51. The lowest BCUT2D eigenvalue weighted by molar-refractivity contribution is 0.0795. The van der Waals surface area contributed by atoms with Crippen LogP contribution in [0, 0.1) is 5.92 Å². The van der Waals surface area contributed by atoms with Gasteiger partial charge in [0.25, 0.3) is 6.43 Å². The van der Waals surface area contributed by atoms with Gasteiger partial charge in [0.2, 0.25) is 5.88 Å². The Balaban J connectivity index is 2.45. The maximum atomic E-state index is 12.1. The highest BCUT2D eigenvalue weighted by atomic mass is 19.3. The molecule has 1 heterocycles. The Hall–Kier alpha value is -1.92. The molecule has 0 saturated carbocycles. The van der Waals surface area contributed by atoms with Crippen molar-refractivity contribution in [3.8, 4) is 5.88 Å². The SMILES string of the molecule is CC(C)CCNC(N)=NCc1cccc(OCC(F)F)n1. The molecular weight excluding hydrogens is 278 g/mol. The average molecular weight is 300 g/mol. The number of nitrogens with two attached hydrogens (primary N) is 1. The van der Waals surface area contributed by atoms with Crippen molar-refractivity contribution in [2.24, 2.45) is 16.6 Å². The predicted molar refractivity (Wildman–Crippen MR) is 78.5 cm³/mol. The summed E-state index contributed by atoms with van der Waals surface area (Å²) >= 11 is 0. The van der Waals surface area contributed by atoms with Crippen molar-refractivity contribution in [2.75, 3.05) is 13.2 Å². The summed E-state index contributed by atoms with van der Waals surface area (Å²) in [7, 11) is 0. The van der Waals surface area contributed by atoms with E-state index in [1.54, 1.807) is 12.1 Å². The van der Waals surface area contributed by atoms with Crippen molar-refractivity contribution in [1.82, 2.24) is 10.3 Å². The molecule has 0 spiro atoms. The first-order chi connectivity index (χ1) is 9.97. The zero-order valence-corrected chi connectivity index (χ0v) is 12.4. The summed E-state index contributed by atoms with van der Waals surface area (Å²) in [6, 6.07) is 4.95. The number of ether oxygens (including phenoxy) is 1. The Kier molecular flexibility index (Phi) is 7.42. The molecule has 0 fully saturated rings. The average Bonchev–Trinajstić information content (AvgIpc) is 2.43. The fourth-order valence-electron chi connectivity index (χ4n) is 1.49. The van der Waals surface area contributed by atoms with Crippen LogP contribution in [-0.4, -0.2) is 30.5 Å². The molecule has 3 N–H and O–H groups in total. The second-order valence-corrected chi connectivity index (χ2v) is 4.98. The molecule has 0 aliphatic rings. The molecule has 5 nitrogen and oxygen atoms in total. The molecule has 0 bridgehead atoms. The molecule has 0 aromatic carbocycles. The van der Waals surface area contributed by atoms with Crippen LogP contribution in [0.15, 0.2) is 23.2 Å². The molecule has 21 heavy (non-hydrogen) atoms. The fraction of sp³-hybridized carbons (Fsp3) is 0.571. The third kappa shape index (κ3) is 8.06. The van der Waals surface area contributed by atoms with Crippen LogP contribution in [0.4, 0.5) is 8.78 Å². The summed E-state index contributed by atoms with van der Waals surface area (Å²) in [5, 5.41) is 3.01. The summed E-state index contributed by atoms with van der Waals surface area (Å²) in [4.78, 5) is 8.22. The molecule has 118 valence electrons. The van der Waals surface area contributed by atoms with Gasteiger partial charge in [-0.2, -0.15) is 0 Å². The highest BCUT2D eigenvalue weighted by molar-refractivity contribution is 5.77. The standard InChI is InChI=1S/C14H22F2N4O/c1-10(2)6-7-18-14(17)19-8-11-4-3-5-13(20-11)21-9-12(15)16/h3-5,10,12H,6-9H2,1-2H3,(H3,17,18,19). The monoisotopic (exact) mass is 300 g/mol. The van der Waals surface area contributed by atoms with Crippen molar-refractivity contribution in [3.63, 3.8) is 0 Å². The van der Waals surface area contributed by atoms with Crippen molar-refractivity contribution in [1.29, 1.82) is 0 Å². The molecule has 1 aromatic heterocycles. The van der Waals surface area contributed by atoms with Gasteiger partial charge < -0.3 is 15.8 Å². The molecule has 1 aromatic rings. The van der Waals surface area contributed by atoms with E-state index in [0.717, 1.165) is 13.0 Å². The minimum Gasteiger partial charge on any atom is -0.472 e. The number of pyridine rings is 1. The van der Waals surface area contributed by atoms with Gasteiger partial charge in [0.1, 0.15) is 0 Å². The lowest BCUT2D eigenvalue weighted by atomic mass is 10.1. The summed E-state index contributed by atoms with van der Waals surface area (Å²) in [5.74, 6) is 1.10. The molecule has 0 saturated heterocycles. The van der Waals surface area contributed by atoms with Crippen molar-refractivity contribution < 1.29 is 13.5 Å². The van der Waals surface area contributed by atoms with E-state index in [2.05, 4.69) is 29.1 Å². The molecular formula is C14H22F2N4O. The Morgan fingerprint density at radius 1 is 1.43 bits per heavy atom. The highest BCUT2D eigenvalue weighted by Crippen LogP contribution is 2.09. The number of hydrogen-bond donors (Lipinski definition) is 2. The minimum absolute atomic E-state index is 0.161. The van der Waals surface area contributed by atoms with Crippen LogP contribution in [0.25, 0.3) is 0 Å². The first kappa shape index (κ1) is 17.1. The van der Waals surface area contributed by atoms with Crippen LogP contribution in [0.3, 0.4) is 0 Å². The molecule has 0 aliphatic heterocycles. The van der Waals surface area contributed by atoms with Crippen LogP contribution < -0.4 is 15.8 Å². The van der Waals surface area contributed by atoms with Gasteiger partial charge in [-0.05, 0) is 18.4 Å². The maximum absolute atomic E-state index is 12.1. The van der Waals surface area contributed by atoms with Gasteiger partial charge in [-0.3, -0.25) is 0 Å². The van der Waals surface area contributed by atoms with E-state index in [1.807, 2.05) is 0 Å². The zero-order chi connectivity index (χ0) is 15.7. The summed E-state index contributed by atoms with van der Waals surface area (Å²) < 4.78 is 29.0. The van der Waals surface area contributed by atoms with Crippen LogP contribution in [-0.2, 0) is 6.54 Å². The molecule has 0 atom stereocenters. The van der Waals surface area contributed by atoms with E-state index in [1.165, 1.54) is 6.07 Å². The third-order valence-electron chi connectivity index (χ3n) is 2.58. The maximum Gasteiger partial charge on any atom is 0.272 e. The second-order valence-electron chi connectivity index (χ2n) is 4.98. The minimum atomic E-state index is -2.52. The Morgan fingerprint density at radius 2 is 2.19 bits per heavy atom. The van der Waals surface area contributed by atoms with Crippen LogP contribution >= 0.6 is 0 Å². The van der Waals surface area contributed by atoms with Gasteiger partial charge in [0.15, 0.2) is 12.6 Å². The topological polar surface area (TPSA) is 72.5 Å². The number of hydrogen-bond acceptors (Lipinski definition) is 3. The van der Waals surface area contributed by atoms with E-state index in [4.69, 9.17) is 10.5 Å². The van der Waals surface area contributed by atoms with Gasteiger partial charge in [-0.1, -0.05) is 19.9 Å². The first-order valence-electron chi connectivity index (χ1n) is 6.88. The normalized spacial score (nSPS) is 12.0. The van der Waals surface area contributed by atoms with E-state index < -0.39 is 13.0 Å². The number of alkyl halides is 2. The highest BCUT2D eigenvalue weighted by Gasteiger charge is 2.05. The third-order valence-corrected chi connectivity index (χ3v) is 2.58. The molecule has 0 amide bonds. The Morgan fingerprint density at radius 3 is 2.86 bits per heavy atom. The number of halogens is 2. The van der Waals surface area contributed by atoms with E-state index in [-0.39, 0.29) is 12.4 Å². The molecule has 0 aliphatic carbocycles. The van der Waals surface area contributed by atoms with Crippen LogP contribution in [0.1, 0.15) is 26.0 Å². The molecule has 7 heteroatoms. The quantitative estimate of drug-likeness (QED) is 0.570. The van der Waals surface area contributed by atoms with Crippen LogP contribution in [0.5, 0.6) is 5.88 Å². The number of nitrogens with zero attached hydrogens (tertiary/aromatic N) is 2. The number of nitrogens with one attached hydrogen (secondary N) is 1. The van der Waals surface area contributed by atoms with E-state index in [9.17, 15) is 8.78 Å². The van der Waals surface area contributed by atoms with Crippen molar-refractivity contribution >= 4 is 5.96 Å². The smallest absolute Gasteiger partial charge is 0.272 e. The number of rotatable bonds is 8. The van der Waals surface area contributed by atoms with Gasteiger partial charge in [0, 0.05) is 12.6 Å². The molecule has 0 unspecified atom stereocenters. The lowest BCUT2D eigenvalue weighted by Crippen LogP contribution is -2.32. The Labute approximate surface area is 123 Å². The van der Waals surface area contributed by atoms with Gasteiger partial charge >= 0.3 is 0 Å². The second kappa shape index (κ2) is 9.10. The number of aromatic nitrogens is 1. The zero-order valence-electron chi connectivity index (χ0n) is 12.4. The van der Waals surface area contributed by atoms with Crippen LogP contribution in [0.2, 0.25) is 0 Å². The van der Waals surface area contributed by atoms with Gasteiger partial charge in [-0.25, -0.2) is 18.8 Å². The van der Waals surface area contributed by atoms with Crippen molar-refractivity contribution in [3.05, 3.63) is 23.9 Å². The van der Waals surface area contributed by atoms with E-state index >= 15 is 0 Å². The Bertz CT molecular complexity index is 452. The number of guanidine groups is 1. The first-order valence-corrected chi connectivity index (χ1v) is 6.88. The number of aliphatic imine (C=N–C) groups is 1. The lowest BCUT2D eigenvalue weighted by Gasteiger charge is -2.08. The van der Waals surface area contributed by atoms with Crippen molar-refractivity contribution in [2.45, 2.75) is 33.2 Å². The summed E-state index contributed by atoms with van der Waals surface area (Å²) in [6.45, 7) is 4.62. The summed E-state index contributed by atoms with van der Waals surface area (Å²) in [5.41, 5.74) is 6.33. The van der Waals surface area contributed by atoms with E-state index in [0.29, 0.717) is 17.6 Å². The predicted octanol–water partition coefficient (Wildman–Crippen LogP) is 2.18. The fourth-order valence-corrected chi connectivity index (χ4v) is 1.49. The largest absolute Gasteiger partial charge is 0.472 e. The van der Waals surface area contributed by atoms with Gasteiger partial charge in [0.05, 0.1) is 12.2 Å². The molecule has 1 rings (SSSR count). The van der Waals surface area contributed by atoms with Gasteiger partial charge in [-0.15, -0.1) is 0 Å².